The van der Waals surface area contributed by atoms with Crippen molar-refractivity contribution in [1.82, 2.24) is 18.9 Å². The third-order valence-electron chi connectivity index (χ3n) is 5.46. The average molecular weight is 428 g/mol. The van der Waals surface area contributed by atoms with Crippen molar-refractivity contribution >= 4 is 33.7 Å². The van der Waals surface area contributed by atoms with Crippen molar-refractivity contribution in [1.29, 1.82) is 0 Å². The molecule has 0 aliphatic heterocycles. The van der Waals surface area contributed by atoms with E-state index in [9.17, 15) is 4.79 Å². The summed E-state index contributed by atoms with van der Waals surface area (Å²) in [4.78, 5) is 21.6. The molecule has 5 aromatic rings. The minimum absolute atomic E-state index is 0.390. The number of carbonyl (C=O) groups is 1. The largest absolute Gasteiger partial charge is 0.494 e. The van der Waals surface area contributed by atoms with E-state index in [4.69, 9.17) is 19.4 Å². The molecular formula is C25H24N4O3. The fraction of sp³-hybridized carbons (Fsp3) is 0.240. The second kappa shape index (κ2) is 8.00. The van der Waals surface area contributed by atoms with E-state index in [0.717, 1.165) is 41.1 Å². The minimum Gasteiger partial charge on any atom is -0.494 e. The maximum absolute atomic E-state index is 11.9. The molecule has 0 N–H and O–H groups in total. The summed E-state index contributed by atoms with van der Waals surface area (Å²) in [6.07, 6.45) is 3.91. The van der Waals surface area contributed by atoms with Gasteiger partial charge < -0.3 is 9.47 Å². The van der Waals surface area contributed by atoms with Crippen LogP contribution in [0.4, 0.5) is 0 Å². The second-order valence-electron chi connectivity index (χ2n) is 7.77. The van der Waals surface area contributed by atoms with Gasteiger partial charge in [-0.25, -0.2) is 9.97 Å². The summed E-state index contributed by atoms with van der Waals surface area (Å²) in [6.45, 7) is 6.19. The molecule has 0 saturated carbocycles. The number of ether oxygens (including phenoxy) is 2. The van der Waals surface area contributed by atoms with Crippen molar-refractivity contribution in [3.05, 3.63) is 60.6 Å². The van der Waals surface area contributed by atoms with Crippen LogP contribution >= 0.6 is 0 Å². The summed E-state index contributed by atoms with van der Waals surface area (Å²) in [5, 5.41) is 0.699. The molecule has 0 aliphatic rings. The molecule has 7 heteroatoms. The van der Waals surface area contributed by atoms with Gasteiger partial charge in [0.2, 0.25) is 0 Å². The van der Waals surface area contributed by atoms with Crippen LogP contribution < -0.4 is 9.47 Å². The summed E-state index contributed by atoms with van der Waals surface area (Å²) < 4.78 is 15.3. The number of hydrogen-bond donors (Lipinski definition) is 0. The van der Waals surface area contributed by atoms with Gasteiger partial charge in [-0.1, -0.05) is 25.5 Å². The zero-order valence-electron chi connectivity index (χ0n) is 18.3. The standard InChI is InChI=1S/C25H24N4O3/c1-4-5-14-31-19-12-10-18(11-13-19)28-15-22(32-17(3)30)23-24(28)26-16(2)29-21-9-7-6-8-20(21)27-25(23)29/h6-13,15H,4-5,14H2,1-3H3. The Morgan fingerprint density at radius 3 is 2.56 bits per heavy atom. The first kappa shape index (κ1) is 20.1. The molecule has 162 valence electrons. The molecule has 0 aliphatic carbocycles. The van der Waals surface area contributed by atoms with E-state index < -0.39 is 5.97 Å². The van der Waals surface area contributed by atoms with Gasteiger partial charge in [-0.15, -0.1) is 0 Å². The molecule has 0 spiro atoms. The van der Waals surface area contributed by atoms with E-state index in [0.29, 0.717) is 29.0 Å². The topological polar surface area (TPSA) is 70.7 Å². The van der Waals surface area contributed by atoms with Gasteiger partial charge in [0.05, 0.1) is 23.8 Å². The van der Waals surface area contributed by atoms with Crippen molar-refractivity contribution in [2.24, 2.45) is 0 Å². The number of imidazole rings is 1. The van der Waals surface area contributed by atoms with Crippen molar-refractivity contribution < 1.29 is 14.3 Å². The number of benzene rings is 2. The normalized spacial score (nSPS) is 11.5. The molecule has 2 aromatic carbocycles. The lowest BCUT2D eigenvalue weighted by molar-refractivity contribution is -0.131. The Bertz CT molecular complexity index is 1450. The highest BCUT2D eigenvalue weighted by molar-refractivity contribution is 6.01. The van der Waals surface area contributed by atoms with Crippen LogP contribution in [0, 0.1) is 6.92 Å². The highest BCUT2D eigenvalue weighted by Crippen LogP contribution is 2.35. The SMILES string of the molecule is CCCCOc1ccc(-n2cc(OC(C)=O)c3c2nc(C)n2c4ccccc4nc32)cc1. The van der Waals surface area contributed by atoms with Gasteiger partial charge in [-0.05, 0) is 49.7 Å². The fourth-order valence-corrected chi connectivity index (χ4v) is 3.98. The number of aryl methyl sites for hydroxylation is 1. The van der Waals surface area contributed by atoms with Crippen LogP contribution in [0.25, 0.3) is 33.4 Å². The predicted octanol–water partition coefficient (Wildman–Crippen LogP) is 5.24. The third-order valence-corrected chi connectivity index (χ3v) is 5.46. The van der Waals surface area contributed by atoms with Crippen molar-refractivity contribution in [2.75, 3.05) is 6.61 Å². The highest BCUT2D eigenvalue weighted by atomic mass is 16.5. The Morgan fingerprint density at radius 2 is 1.81 bits per heavy atom. The molecule has 5 rings (SSSR count). The monoisotopic (exact) mass is 428 g/mol. The number of aromatic nitrogens is 4. The number of rotatable bonds is 6. The Hall–Kier alpha value is -3.87. The van der Waals surface area contributed by atoms with E-state index in [1.807, 2.05) is 64.4 Å². The first-order valence-electron chi connectivity index (χ1n) is 10.8. The van der Waals surface area contributed by atoms with Crippen LogP contribution in [-0.2, 0) is 4.79 Å². The molecular weight excluding hydrogens is 404 g/mol. The number of nitrogens with zero attached hydrogens (tertiary/aromatic N) is 4. The Labute approximate surface area is 185 Å². The van der Waals surface area contributed by atoms with E-state index in [1.165, 1.54) is 6.92 Å². The molecule has 32 heavy (non-hydrogen) atoms. The van der Waals surface area contributed by atoms with E-state index in [2.05, 4.69) is 6.92 Å². The smallest absolute Gasteiger partial charge is 0.308 e. The molecule has 0 fully saturated rings. The number of unbranched alkanes of at least 4 members (excludes halogenated alkanes) is 1. The van der Waals surface area contributed by atoms with Gasteiger partial charge in [0.25, 0.3) is 0 Å². The lowest BCUT2D eigenvalue weighted by atomic mass is 10.3. The molecule has 7 nitrogen and oxygen atoms in total. The molecule has 0 bridgehead atoms. The highest BCUT2D eigenvalue weighted by Gasteiger charge is 2.21. The van der Waals surface area contributed by atoms with Crippen LogP contribution in [-0.4, -0.2) is 31.5 Å². The third kappa shape index (κ3) is 3.36. The molecule has 3 heterocycles. The Morgan fingerprint density at radius 1 is 1.03 bits per heavy atom. The number of carbonyl (C=O) groups excluding carboxylic acids is 1. The van der Waals surface area contributed by atoms with Gasteiger partial charge in [0, 0.05) is 12.6 Å². The summed E-state index contributed by atoms with van der Waals surface area (Å²) in [5.74, 6) is 1.67. The summed E-state index contributed by atoms with van der Waals surface area (Å²) in [6, 6.07) is 15.7. The van der Waals surface area contributed by atoms with E-state index >= 15 is 0 Å². The molecule has 0 radical (unpaired) electrons. The van der Waals surface area contributed by atoms with Crippen LogP contribution in [0.3, 0.4) is 0 Å². The maximum Gasteiger partial charge on any atom is 0.308 e. The van der Waals surface area contributed by atoms with E-state index in [1.54, 1.807) is 6.20 Å². The van der Waals surface area contributed by atoms with Crippen molar-refractivity contribution in [3.8, 4) is 17.2 Å². The zero-order valence-corrected chi connectivity index (χ0v) is 18.3. The molecule has 0 amide bonds. The first-order chi connectivity index (χ1) is 15.6. The number of fused-ring (bicyclic) bond motifs is 5. The predicted molar refractivity (Wildman–Crippen MR) is 124 cm³/mol. The first-order valence-corrected chi connectivity index (χ1v) is 10.8. The number of esters is 1. The van der Waals surface area contributed by atoms with Gasteiger partial charge in [0.1, 0.15) is 17.0 Å². The lowest BCUT2D eigenvalue weighted by Gasteiger charge is -2.09. The Kier molecular flexibility index (Phi) is 5.01. The van der Waals surface area contributed by atoms with Gasteiger partial charge in [-0.2, -0.15) is 0 Å². The average Bonchev–Trinajstić information content (AvgIpc) is 3.33. The summed E-state index contributed by atoms with van der Waals surface area (Å²) in [7, 11) is 0. The van der Waals surface area contributed by atoms with Gasteiger partial charge >= 0.3 is 5.97 Å². The van der Waals surface area contributed by atoms with E-state index in [-0.39, 0.29) is 0 Å². The molecule has 0 atom stereocenters. The minimum atomic E-state index is -0.390. The summed E-state index contributed by atoms with van der Waals surface area (Å²) in [5.41, 5.74) is 4.11. The molecule has 0 saturated heterocycles. The number of hydrogen-bond acceptors (Lipinski definition) is 5. The lowest BCUT2D eigenvalue weighted by Crippen LogP contribution is -2.02. The van der Waals surface area contributed by atoms with Crippen LogP contribution in [0.1, 0.15) is 32.5 Å². The van der Waals surface area contributed by atoms with Crippen LogP contribution in [0.5, 0.6) is 11.5 Å². The van der Waals surface area contributed by atoms with Crippen LogP contribution in [0.15, 0.2) is 54.7 Å². The van der Waals surface area contributed by atoms with Crippen molar-refractivity contribution in [2.45, 2.75) is 33.6 Å². The molecule has 0 unspecified atom stereocenters. The quantitative estimate of drug-likeness (QED) is 0.273. The maximum atomic E-state index is 11.9. The number of para-hydroxylation sites is 2. The van der Waals surface area contributed by atoms with Crippen LogP contribution in [0.2, 0.25) is 0 Å². The molecule has 3 aromatic heterocycles. The second-order valence-corrected chi connectivity index (χ2v) is 7.77. The summed E-state index contributed by atoms with van der Waals surface area (Å²) >= 11 is 0. The fourth-order valence-electron chi connectivity index (χ4n) is 3.98. The van der Waals surface area contributed by atoms with Crippen molar-refractivity contribution in [3.63, 3.8) is 0 Å². The zero-order chi connectivity index (χ0) is 22.2. The van der Waals surface area contributed by atoms with Gasteiger partial charge in [-0.3, -0.25) is 13.8 Å². The Balaban J connectivity index is 1.71. The van der Waals surface area contributed by atoms with Gasteiger partial charge in [0.15, 0.2) is 17.0 Å².